The minimum atomic E-state index is -0.365. The maximum absolute atomic E-state index is 13.7. The molecule has 0 radical (unpaired) electrons. The van der Waals surface area contributed by atoms with Crippen molar-refractivity contribution in [3.8, 4) is 0 Å². The van der Waals surface area contributed by atoms with Gasteiger partial charge >= 0.3 is 0 Å². The summed E-state index contributed by atoms with van der Waals surface area (Å²) in [6.45, 7) is 1.75. The minimum Gasteiger partial charge on any atom is -0.341 e. The number of imidazole rings is 1. The van der Waals surface area contributed by atoms with E-state index in [0.29, 0.717) is 14.8 Å². The molecule has 0 saturated carbocycles. The summed E-state index contributed by atoms with van der Waals surface area (Å²) >= 11 is 8.41. The molecule has 2 heterocycles. The zero-order chi connectivity index (χ0) is 15.0. The van der Waals surface area contributed by atoms with Gasteiger partial charge in [0.1, 0.15) is 12.4 Å². The third-order valence-electron chi connectivity index (χ3n) is 3.82. The van der Waals surface area contributed by atoms with E-state index in [1.807, 2.05) is 4.90 Å². The van der Waals surface area contributed by atoms with E-state index >= 15 is 0 Å². The van der Waals surface area contributed by atoms with Crippen LogP contribution in [-0.4, -0.2) is 33.4 Å². The average molecular weight is 372 g/mol. The quantitative estimate of drug-likeness (QED) is 0.819. The number of hydrogen-bond donors (Lipinski definition) is 1. The van der Waals surface area contributed by atoms with Crippen molar-refractivity contribution in [2.45, 2.75) is 25.8 Å². The summed E-state index contributed by atoms with van der Waals surface area (Å²) in [5.41, 5.74) is 1.34. The highest BCUT2D eigenvalue weighted by Gasteiger charge is 2.18. The highest BCUT2D eigenvalue weighted by Crippen LogP contribution is 2.23. The number of hydrogen-bond acceptors (Lipinski definition) is 2. The molecule has 0 atom stereocenters. The Kier molecular flexibility index (Phi) is 4.12. The number of likely N-dealkylation sites (tertiary alicyclic amines) is 1. The number of fused-ring (bicyclic) bond motifs is 1. The Balaban J connectivity index is 1.93. The Morgan fingerprint density at radius 2 is 2.05 bits per heavy atom. The van der Waals surface area contributed by atoms with Crippen LogP contribution in [0.2, 0.25) is 0 Å². The summed E-state index contributed by atoms with van der Waals surface area (Å²) in [7, 11) is 0. The Bertz CT molecular complexity index is 748. The van der Waals surface area contributed by atoms with Crippen molar-refractivity contribution < 1.29 is 9.18 Å². The molecule has 1 aliphatic heterocycles. The molecule has 21 heavy (non-hydrogen) atoms. The van der Waals surface area contributed by atoms with Crippen molar-refractivity contribution >= 4 is 45.1 Å². The maximum Gasteiger partial charge on any atom is 0.242 e. The summed E-state index contributed by atoms with van der Waals surface area (Å²) in [4.78, 5) is 17.2. The number of benzene rings is 1. The van der Waals surface area contributed by atoms with Crippen LogP contribution in [0.25, 0.3) is 11.0 Å². The third-order valence-corrected chi connectivity index (χ3v) is 4.75. The van der Waals surface area contributed by atoms with Gasteiger partial charge in [0.2, 0.25) is 5.91 Å². The highest BCUT2D eigenvalue weighted by atomic mass is 79.9. The van der Waals surface area contributed by atoms with Crippen LogP contribution in [0.1, 0.15) is 19.3 Å². The molecule has 0 spiro atoms. The first kappa shape index (κ1) is 14.7. The second kappa shape index (κ2) is 5.88. The van der Waals surface area contributed by atoms with Crippen molar-refractivity contribution in [2.24, 2.45) is 0 Å². The number of halogens is 2. The van der Waals surface area contributed by atoms with E-state index in [9.17, 15) is 9.18 Å². The van der Waals surface area contributed by atoms with Crippen molar-refractivity contribution in [3.05, 3.63) is 27.2 Å². The molecule has 3 rings (SSSR count). The summed E-state index contributed by atoms with van der Waals surface area (Å²) in [6, 6.07) is 3.04. The molecule has 1 amide bonds. The number of nitrogens with zero attached hydrogens (tertiary/aromatic N) is 2. The number of carbonyl (C=O) groups excluding carboxylic acids is 1. The molecule has 1 aromatic carbocycles. The number of carbonyl (C=O) groups is 1. The Labute approximate surface area is 135 Å². The first-order valence-electron chi connectivity index (χ1n) is 6.91. The molecule has 0 aliphatic carbocycles. The van der Waals surface area contributed by atoms with Gasteiger partial charge in [0.15, 0.2) is 4.77 Å². The summed E-state index contributed by atoms with van der Waals surface area (Å²) < 4.78 is 16.2. The molecular formula is C14H15BrFN3OS. The maximum atomic E-state index is 13.7. The lowest BCUT2D eigenvalue weighted by molar-refractivity contribution is -0.132. The van der Waals surface area contributed by atoms with Crippen LogP contribution in [0.5, 0.6) is 0 Å². The van der Waals surface area contributed by atoms with Gasteiger partial charge in [0.25, 0.3) is 0 Å². The molecule has 0 unspecified atom stereocenters. The summed E-state index contributed by atoms with van der Waals surface area (Å²) in [5, 5.41) is 0. The van der Waals surface area contributed by atoms with Gasteiger partial charge in [-0.05, 0) is 53.5 Å². The Hall–Kier alpha value is -1.21. The number of amides is 1. The molecule has 1 aliphatic rings. The number of aromatic nitrogens is 2. The van der Waals surface area contributed by atoms with Crippen LogP contribution in [0.3, 0.4) is 0 Å². The Morgan fingerprint density at radius 3 is 2.76 bits per heavy atom. The largest absolute Gasteiger partial charge is 0.341 e. The highest BCUT2D eigenvalue weighted by molar-refractivity contribution is 9.10. The van der Waals surface area contributed by atoms with Gasteiger partial charge in [0.05, 0.1) is 15.5 Å². The van der Waals surface area contributed by atoms with E-state index in [-0.39, 0.29) is 18.3 Å². The molecule has 1 aromatic heterocycles. The van der Waals surface area contributed by atoms with E-state index in [2.05, 4.69) is 20.9 Å². The van der Waals surface area contributed by atoms with Crippen LogP contribution >= 0.6 is 28.1 Å². The lowest BCUT2D eigenvalue weighted by Gasteiger charge is -2.26. The molecule has 1 saturated heterocycles. The summed E-state index contributed by atoms with van der Waals surface area (Å²) in [6.07, 6.45) is 3.27. The van der Waals surface area contributed by atoms with Gasteiger partial charge in [-0.2, -0.15) is 0 Å². The number of rotatable bonds is 2. The van der Waals surface area contributed by atoms with E-state index < -0.39 is 0 Å². The number of nitrogens with one attached hydrogen (secondary N) is 1. The lowest BCUT2D eigenvalue weighted by atomic mass is 10.1. The van der Waals surface area contributed by atoms with E-state index in [0.717, 1.165) is 31.4 Å². The van der Waals surface area contributed by atoms with Gasteiger partial charge in [0, 0.05) is 19.2 Å². The standard InChI is InChI=1S/C14H15BrFN3OS/c15-9-6-11-12(7-10(9)16)19(14(21)17-11)8-13(20)18-4-2-1-3-5-18/h6-7H,1-5,8H2,(H,17,21). The van der Waals surface area contributed by atoms with Crippen LogP contribution in [0.4, 0.5) is 4.39 Å². The average Bonchev–Trinajstić information content (AvgIpc) is 2.76. The van der Waals surface area contributed by atoms with Gasteiger partial charge in [-0.15, -0.1) is 0 Å². The molecule has 1 N–H and O–H groups in total. The summed E-state index contributed by atoms with van der Waals surface area (Å²) in [5.74, 6) is -0.328. The van der Waals surface area contributed by atoms with Crippen molar-refractivity contribution in [2.75, 3.05) is 13.1 Å². The van der Waals surface area contributed by atoms with Crippen LogP contribution in [0, 0.1) is 10.6 Å². The predicted octanol–water partition coefficient (Wildman–Crippen LogP) is 3.61. The van der Waals surface area contributed by atoms with E-state index in [4.69, 9.17) is 12.2 Å². The lowest BCUT2D eigenvalue weighted by Crippen LogP contribution is -2.37. The number of aromatic amines is 1. The van der Waals surface area contributed by atoms with Gasteiger partial charge < -0.3 is 14.5 Å². The fraction of sp³-hybridized carbons (Fsp3) is 0.429. The second-order valence-electron chi connectivity index (χ2n) is 5.24. The minimum absolute atomic E-state index is 0.0371. The predicted molar refractivity (Wildman–Crippen MR) is 85.2 cm³/mol. The molecule has 112 valence electrons. The fourth-order valence-corrected chi connectivity index (χ4v) is 3.30. The molecule has 0 bridgehead atoms. The first-order chi connectivity index (χ1) is 10.1. The van der Waals surface area contributed by atoms with Crippen molar-refractivity contribution in [3.63, 3.8) is 0 Å². The molecule has 7 heteroatoms. The van der Waals surface area contributed by atoms with Crippen LogP contribution < -0.4 is 0 Å². The SMILES string of the molecule is O=C(Cn1c(=S)[nH]c2cc(Br)c(F)cc21)N1CCCCC1. The fourth-order valence-electron chi connectivity index (χ4n) is 2.69. The van der Waals surface area contributed by atoms with Crippen LogP contribution in [0.15, 0.2) is 16.6 Å². The van der Waals surface area contributed by atoms with Gasteiger partial charge in [-0.3, -0.25) is 4.79 Å². The van der Waals surface area contributed by atoms with Crippen LogP contribution in [-0.2, 0) is 11.3 Å². The second-order valence-corrected chi connectivity index (χ2v) is 6.48. The van der Waals surface area contributed by atoms with E-state index in [1.165, 1.54) is 12.5 Å². The first-order valence-corrected chi connectivity index (χ1v) is 8.12. The molecular weight excluding hydrogens is 357 g/mol. The number of piperidine rings is 1. The zero-order valence-corrected chi connectivity index (χ0v) is 13.8. The van der Waals surface area contributed by atoms with Gasteiger partial charge in [-0.25, -0.2) is 4.39 Å². The van der Waals surface area contributed by atoms with Gasteiger partial charge in [-0.1, -0.05) is 0 Å². The number of H-pyrrole nitrogens is 1. The molecule has 4 nitrogen and oxygen atoms in total. The topological polar surface area (TPSA) is 41.0 Å². The smallest absolute Gasteiger partial charge is 0.242 e. The van der Waals surface area contributed by atoms with Crippen molar-refractivity contribution in [1.82, 2.24) is 14.5 Å². The molecule has 1 fully saturated rings. The van der Waals surface area contributed by atoms with Crippen molar-refractivity contribution in [1.29, 1.82) is 0 Å². The zero-order valence-electron chi connectivity index (χ0n) is 11.4. The normalized spacial score (nSPS) is 15.6. The monoisotopic (exact) mass is 371 g/mol. The Morgan fingerprint density at radius 1 is 1.33 bits per heavy atom. The third kappa shape index (κ3) is 2.89. The molecule has 2 aromatic rings. The van der Waals surface area contributed by atoms with E-state index in [1.54, 1.807) is 10.6 Å².